The lowest BCUT2D eigenvalue weighted by Crippen LogP contribution is -2.41. The Balaban J connectivity index is 1.69. The Labute approximate surface area is 115 Å². The molecule has 4 heteroatoms. The van der Waals surface area contributed by atoms with Crippen LogP contribution >= 0.6 is 0 Å². The summed E-state index contributed by atoms with van der Waals surface area (Å²) in [6, 6.07) is 2.05. The van der Waals surface area contributed by atoms with Crippen molar-refractivity contribution < 1.29 is 0 Å². The maximum Gasteiger partial charge on any atom is 0.222 e. The molecule has 0 radical (unpaired) electrons. The number of aryl methyl sites for hydroxylation is 1. The molecule has 3 rings (SSSR count). The van der Waals surface area contributed by atoms with Crippen LogP contribution < -0.4 is 10.6 Å². The minimum atomic E-state index is 0.396. The third-order valence-corrected chi connectivity index (χ3v) is 4.92. The average Bonchev–Trinajstić information content (AvgIpc) is 2.39. The topological polar surface area (TPSA) is 55.0 Å². The number of piperidine rings is 1. The summed E-state index contributed by atoms with van der Waals surface area (Å²) in [4.78, 5) is 10.9. The lowest BCUT2D eigenvalue weighted by atomic mass is 9.68. The van der Waals surface area contributed by atoms with Crippen molar-refractivity contribution in [2.24, 2.45) is 5.41 Å². The highest BCUT2D eigenvalue weighted by Crippen LogP contribution is 2.44. The van der Waals surface area contributed by atoms with Crippen molar-refractivity contribution in [1.29, 1.82) is 0 Å². The van der Waals surface area contributed by atoms with Crippen molar-refractivity contribution >= 4 is 11.8 Å². The number of hydrogen-bond acceptors (Lipinski definition) is 4. The van der Waals surface area contributed by atoms with Crippen LogP contribution in [0.3, 0.4) is 0 Å². The van der Waals surface area contributed by atoms with E-state index in [0.717, 1.165) is 24.6 Å². The van der Waals surface area contributed by atoms with E-state index in [0.29, 0.717) is 11.4 Å². The summed E-state index contributed by atoms with van der Waals surface area (Å²) in [6.45, 7) is 4.22. The Hall–Kier alpha value is -1.32. The largest absolute Gasteiger partial charge is 0.368 e. The van der Waals surface area contributed by atoms with Crippen LogP contribution in [0.25, 0.3) is 0 Å². The molecular formula is C15H24N4. The van der Waals surface area contributed by atoms with E-state index in [1.807, 2.05) is 6.92 Å². The second-order valence-electron chi connectivity index (χ2n) is 6.27. The second-order valence-corrected chi connectivity index (χ2v) is 6.27. The van der Waals surface area contributed by atoms with Crippen molar-refractivity contribution in [3.05, 3.63) is 11.8 Å². The van der Waals surface area contributed by atoms with E-state index < -0.39 is 0 Å². The summed E-state index contributed by atoms with van der Waals surface area (Å²) in [5.41, 5.74) is 7.35. The van der Waals surface area contributed by atoms with Crippen molar-refractivity contribution in [2.45, 2.75) is 51.9 Å². The van der Waals surface area contributed by atoms with Gasteiger partial charge in [0.05, 0.1) is 0 Å². The van der Waals surface area contributed by atoms with Gasteiger partial charge in [-0.05, 0) is 38.0 Å². The standard InChI is InChI=1S/C15H24N4/c1-12-11-13(18-14(16)17-12)19-9-7-15(8-10-19)5-3-2-4-6-15/h11H,2-10H2,1H3,(H2,16,17,18). The van der Waals surface area contributed by atoms with E-state index in [4.69, 9.17) is 5.73 Å². The van der Waals surface area contributed by atoms with Gasteiger partial charge in [-0.3, -0.25) is 0 Å². The van der Waals surface area contributed by atoms with Crippen LogP contribution in [0.5, 0.6) is 0 Å². The van der Waals surface area contributed by atoms with Gasteiger partial charge in [0.1, 0.15) is 5.82 Å². The highest BCUT2D eigenvalue weighted by molar-refractivity contribution is 5.43. The minimum Gasteiger partial charge on any atom is -0.368 e. The van der Waals surface area contributed by atoms with Crippen LogP contribution in [0, 0.1) is 12.3 Å². The molecule has 2 aliphatic rings. The fourth-order valence-corrected chi connectivity index (χ4v) is 3.75. The Kier molecular flexibility index (Phi) is 3.33. The quantitative estimate of drug-likeness (QED) is 0.843. The number of nitrogens with two attached hydrogens (primary N) is 1. The smallest absolute Gasteiger partial charge is 0.222 e. The minimum absolute atomic E-state index is 0.396. The molecule has 1 spiro atoms. The van der Waals surface area contributed by atoms with Crippen LogP contribution in [-0.2, 0) is 0 Å². The van der Waals surface area contributed by atoms with Crippen LogP contribution in [0.4, 0.5) is 11.8 Å². The second kappa shape index (κ2) is 4.99. The van der Waals surface area contributed by atoms with Gasteiger partial charge >= 0.3 is 0 Å². The number of anilines is 2. The molecule has 0 aromatic carbocycles. The van der Waals surface area contributed by atoms with Crippen molar-refractivity contribution in [1.82, 2.24) is 9.97 Å². The predicted octanol–water partition coefficient (Wildman–Crippen LogP) is 2.92. The molecule has 1 aliphatic carbocycles. The first-order chi connectivity index (χ1) is 9.17. The van der Waals surface area contributed by atoms with Crippen molar-refractivity contribution in [3.63, 3.8) is 0 Å². The van der Waals surface area contributed by atoms with Gasteiger partial charge in [-0.25, -0.2) is 4.98 Å². The van der Waals surface area contributed by atoms with Gasteiger partial charge in [0.25, 0.3) is 0 Å². The Morgan fingerprint density at radius 1 is 1.05 bits per heavy atom. The molecule has 1 aromatic rings. The molecule has 0 amide bonds. The summed E-state index contributed by atoms with van der Waals surface area (Å²) < 4.78 is 0. The summed E-state index contributed by atoms with van der Waals surface area (Å²) in [5, 5.41) is 0. The number of rotatable bonds is 1. The molecule has 4 nitrogen and oxygen atoms in total. The maximum absolute atomic E-state index is 5.75. The number of aromatic nitrogens is 2. The molecule has 1 saturated carbocycles. The van der Waals surface area contributed by atoms with Gasteiger partial charge in [0, 0.05) is 24.8 Å². The molecule has 0 atom stereocenters. The maximum atomic E-state index is 5.75. The van der Waals surface area contributed by atoms with Gasteiger partial charge in [-0.1, -0.05) is 19.3 Å². The molecule has 2 heterocycles. The Morgan fingerprint density at radius 3 is 2.37 bits per heavy atom. The zero-order valence-electron chi connectivity index (χ0n) is 11.9. The van der Waals surface area contributed by atoms with Gasteiger partial charge < -0.3 is 10.6 Å². The molecule has 0 bridgehead atoms. The third-order valence-electron chi connectivity index (χ3n) is 4.92. The Morgan fingerprint density at radius 2 is 1.74 bits per heavy atom. The van der Waals surface area contributed by atoms with E-state index in [2.05, 4.69) is 20.9 Å². The first-order valence-electron chi connectivity index (χ1n) is 7.53. The third kappa shape index (κ3) is 2.67. The number of nitrogens with zero attached hydrogens (tertiary/aromatic N) is 3. The lowest BCUT2D eigenvalue weighted by Gasteiger charge is -2.44. The fourth-order valence-electron chi connectivity index (χ4n) is 3.75. The first kappa shape index (κ1) is 12.7. The molecule has 0 unspecified atom stereocenters. The molecule has 1 saturated heterocycles. The van der Waals surface area contributed by atoms with Crippen molar-refractivity contribution in [2.75, 3.05) is 23.7 Å². The van der Waals surface area contributed by atoms with Crippen LogP contribution in [0.1, 0.15) is 50.6 Å². The summed E-state index contributed by atoms with van der Waals surface area (Å²) in [7, 11) is 0. The number of nitrogen functional groups attached to an aromatic ring is 1. The van der Waals surface area contributed by atoms with E-state index in [1.165, 1.54) is 44.9 Å². The van der Waals surface area contributed by atoms with E-state index in [9.17, 15) is 0 Å². The van der Waals surface area contributed by atoms with Gasteiger partial charge in [0.15, 0.2) is 0 Å². The lowest BCUT2D eigenvalue weighted by molar-refractivity contribution is 0.144. The molecule has 19 heavy (non-hydrogen) atoms. The predicted molar refractivity (Wildman–Crippen MR) is 78.1 cm³/mol. The summed E-state index contributed by atoms with van der Waals surface area (Å²) in [5.74, 6) is 1.41. The van der Waals surface area contributed by atoms with Gasteiger partial charge in [-0.2, -0.15) is 4.98 Å². The normalized spacial score (nSPS) is 22.7. The van der Waals surface area contributed by atoms with E-state index in [-0.39, 0.29) is 0 Å². The Bertz CT molecular complexity index is 421. The highest BCUT2D eigenvalue weighted by atomic mass is 15.2. The summed E-state index contributed by atoms with van der Waals surface area (Å²) >= 11 is 0. The molecular weight excluding hydrogens is 236 g/mol. The van der Waals surface area contributed by atoms with Gasteiger partial charge in [0.2, 0.25) is 5.95 Å². The van der Waals surface area contributed by atoms with E-state index >= 15 is 0 Å². The van der Waals surface area contributed by atoms with Crippen LogP contribution in [-0.4, -0.2) is 23.1 Å². The number of hydrogen-bond donors (Lipinski definition) is 1. The highest BCUT2D eigenvalue weighted by Gasteiger charge is 2.35. The SMILES string of the molecule is Cc1cc(N2CCC3(CCCCC3)CC2)nc(N)n1. The molecule has 104 valence electrons. The zero-order chi connectivity index (χ0) is 13.3. The molecule has 1 aliphatic heterocycles. The molecule has 2 N–H and O–H groups in total. The van der Waals surface area contributed by atoms with Crippen LogP contribution in [0.2, 0.25) is 0 Å². The average molecular weight is 260 g/mol. The summed E-state index contributed by atoms with van der Waals surface area (Å²) in [6.07, 6.45) is 9.80. The van der Waals surface area contributed by atoms with Crippen LogP contribution in [0.15, 0.2) is 6.07 Å². The first-order valence-corrected chi connectivity index (χ1v) is 7.53. The monoisotopic (exact) mass is 260 g/mol. The fraction of sp³-hybridized carbons (Fsp3) is 0.733. The molecule has 1 aromatic heterocycles. The van der Waals surface area contributed by atoms with Gasteiger partial charge in [-0.15, -0.1) is 0 Å². The molecule has 2 fully saturated rings. The van der Waals surface area contributed by atoms with E-state index in [1.54, 1.807) is 0 Å². The van der Waals surface area contributed by atoms with Crippen molar-refractivity contribution in [3.8, 4) is 0 Å². The zero-order valence-corrected chi connectivity index (χ0v) is 11.9.